The van der Waals surface area contributed by atoms with E-state index in [-0.39, 0.29) is 11.7 Å². The first kappa shape index (κ1) is 16.0. The molecule has 0 aliphatic carbocycles. The van der Waals surface area contributed by atoms with Gasteiger partial charge in [-0.25, -0.2) is 0 Å². The molecule has 0 saturated carbocycles. The number of primary amides is 1. The molecule has 5 nitrogen and oxygen atoms in total. The van der Waals surface area contributed by atoms with Crippen molar-refractivity contribution >= 4 is 46.6 Å². The minimum absolute atomic E-state index is 0.0683. The number of rotatable bonds is 8. The Bertz CT molecular complexity index is 616. The van der Waals surface area contributed by atoms with Gasteiger partial charge in [0.25, 0.3) is 0 Å². The number of Topliss-reactive ketones (excluding diaryl/α,β-unsaturated/α-hetero) is 1. The molecule has 0 fully saturated rings. The second-order valence-electron chi connectivity index (χ2n) is 3.98. The molecule has 110 valence electrons. The number of hydrogen-bond acceptors (Lipinski definition) is 7. The van der Waals surface area contributed by atoms with Gasteiger partial charge in [0.1, 0.15) is 0 Å². The molecule has 2 rings (SSSR count). The van der Waals surface area contributed by atoms with Crippen LogP contribution in [-0.2, 0) is 4.79 Å². The van der Waals surface area contributed by atoms with E-state index in [0.717, 1.165) is 8.68 Å². The Morgan fingerprint density at radius 2 is 1.76 bits per heavy atom. The summed E-state index contributed by atoms with van der Waals surface area (Å²) in [7, 11) is 0. The second-order valence-corrected chi connectivity index (χ2v) is 7.52. The SMILES string of the molecule is NC(=O)CCSc1nnc(SCC(=O)c2ccccc2)s1. The van der Waals surface area contributed by atoms with Crippen LogP contribution in [0.4, 0.5) is 0 Å². The molecule has 2 aromatic rings. The van der Waals surface area contributed by atoms with Crippen molar-refractivity contribution in [2.24, 2.45) is 5.73 Å². The van der Waals surface area contributed by atoms with Crippen LogP contribution < -0.4 is 5.73 Å². The van der Waals surface area contributed by atoms with Crippen LogP contribution in [0.5, 0.6) is 0 Å². The van der Waals surface area contributed by atoms with E-state index in [2.05, 4.69) is 10.2 Å². The number of thioether (sulfide) groups is 2. The van der Waals surface area contributed by atoms with E-state index in [4.69, 9.17) is 5.73 Å². The second kappa shape index (κ2) is 8.16. The number of hydrogen-bond donors (Lipinski definition) is 1. The molecular weight excluding hydrogens is 326 g/mol. The molecule has 8 heteroatoms. The molecule has 0 aliphatic rings. The highest BCUT2D eigenvalue weighted by Gasteiger charge is 2.10. The first-order valence-corrected chi connectivity index (χ1v) is 8.89. The third-order valence-corrected chi connectivity index (χ3v) is 5.58. The van der Waals surface area contributed by atoms with Crippen molar-refractivity contribution in [3.05, 3.63) is 35.9 Å². The lowest BCUT2D eigenvalue weighted by Gasteiger charge is -1.97. The summed E-state index contributed by atoms with van der Waals surface area (Å²) in [6.45, 7) is 0. The summed E-state index contributed by atoms with van der Waals surface area (Å²) in [6.07, 6.45) is 0.319. The van der Waals surface area contributed by atoms with Crippen LogP contribution in [0.3, 0.4) is 0 Å². The zero-order valence-electron chi connectivity index (χ0n) is 11.0. The fraction of sp³-hybridized carbons (Fsp3) is 0.231. The summed E-state index contributed by atoms with van der Waals surface area (Å²) in [4.78, 5) is 22.6. The largest absolute Gasteiger partial charge is 0.370 e. The van der Waals surface area contributed by atoms with Crippen LogP contribution in [0.1, 0.15) is 16.8 Å². The monoisotopic (exact) mass is 339 g/mol. The fourth-order valence-corrected chi connectivity index (χ4v) is 4.33. The zero-order valence-corrected chi connectivity index (χ0v) is 13.5. The molecule has 1 heterocycles. The van der Waals surface area contributed by atoms with E-state index in [1.165, 1.54) is 34.9 Å². The van der Waals surface area contributed by atoms with Crippen LogP contribution >= 0.6 is 34.9 Å². The smallest absolute Gasteiger partial charge is 0.218 e. The summed E-state index contributed by atoms with van der Waals surface area (Å²) in [6, 6.07) is 9.17. The zero-order chi connectivity index (χ0) is 15.1. The molecule has 0 radical (unpaired) electrons. The van der Waals surface area contributed by atoms with Crippen molar-refractivity contribution in [2.75, 3.05) is 11.5 Å². The van der Waals surface area contributed by atoms with Crippen LogP contribution in [0, 0.1) is 0 Å². The lowest BCUT2D eigenvalue weighted by Crippen LogP contribution is -2.10. The van der Waals surface area contributed by atoms with E-state index >= 15 is 0 Å². The number of aromatic nitrogens is 2. The van der Waals surface area contributed by atoms with Crippen molar-refractivity contribution in [1.82, 2.24) is 10.2 Å². The van der Waals surface area contributed by atoms with Gasteiger partial charge in [0, 0.05) is 17.7 Å². The Kier molecular flexibility index (Phi) is 6.21. The highest BCUT2D eigenvalue weighted by atomic mass is 32.2. The quantitative estimate of drug-likeness (QED) is 0.587. The van der Waals surface area contributed by atoms with Gasteiger partial charge in [-0.3, -0.25) is 9.59 Å². The Labute approximate surface area is 134 Å². The van der Waals surface area contributed by atoms with Crippen LogP contribution in [-0.4, -0.2) is 33.4 Å². The standard InChI is InChI=1S/C13H13N3O2S3/c14-11(18)6-7-19-12-15-16-13(21-12)20-8-10(17)9-4-2-1-3-5-9/h1-5H,6-8H2,(H2,14,18). The predicted octanol–water partition coefficient (Wildman–Crippen LogP) is 2.48. The molecule has 1 aromatic heterocycles. The van der Waals surface area contributed by atoms with Gasteiger partial charge in [0.05, 0.1) is 5.75 Å². The Morgan fingerprint density at radius 3 is 2.43 bits per heavy atom. The van der Waals surface area contributed by atoms with Crippen LogP contribution in [0.25, 0.3) is 0 Å². The number of nitrogens with zero attached hydrogens (tertiary/aromatic N) is 2. The molecule has 1 amide bonds. The average Bonchev–Trinajstić information content (AvgIpc) is 2.93. The van der Waals surface area contributed by atoms with Gasteiger partial charge < -0.3 is 5.73 Å². The maximum absolute atomic E-state index is 12.0. The number of carbonyl (C=O) groups is 2. The summed E-state index contributed by atoms with van der Waals surface area (Å²) >= 11 is 4.24. The molecule has 0 spiro atoms. The normalized spacial score (nSPS) is 10.5. The number of amides is 1. The van der Waals surface area contributed by atoms with Gasteiger partial charge in [-0.2, -0.15) is 0 Å². The topological polar surface area (TPSA) is 85.9 Å². The molecule has 0 aliphatic heterocycles. The third-order valence-electron chi connectivity index (χ3n) is 2.38. The summed E-state index contributed by atoms with van der Waals surface area (Å²) in [5, 5.41) is 8.03. The summed E-state index contributed by atoms with van der Waals surface area (Å²) in [5.74, 6) is 0.677. The highest BCUT2D eigenvalue weighted by Crippen LogP contribution is 2.29. The van der Waals surface area contributed by atoms with Crippen molar-refractivity contribution in [1.29, 1.82) is 0 Å². The van der Waals surface area contributed by atoms with Gasteiger partial charge in [-0.15, -0.1) is 10.2 Å². The third kappa shape index (κ3) is 5.49. The highest BCUT2D eigenvalue weighted by molar-refractivity contribution is 8.03. The number of benzene rings is 1. The van der Waals surface area contributed by atoms with Gasteiger partial charge in [-0.05, 0) is 0 Å². The molecule has 1 aromatic carbocycles. The van der Waals surface area contributed by atoms with Crippen LogP contribution in [0.2, 0.25) is 0 Å². The van der Waals surface area contributed by atoms with Gasteiger partial charge in [-0.1, -0.05) is 65.2 Å². The van der Waals surface area contributed by atoms with Crippen molar-refractivity contribution in [3.63, 3.8) is 0 Å². The molecule has 0 atom stereocenters. The average molecular weight is 339 g/mol. The van der Waals surface area contributed by atoms with E-state index in [9.17, 15) is 9.59 Å². The maximum atomic E-state index is 12.0. The van der Waals surface area contributed by atoms with Gasteiger partial charge in [0.15, 0.2) is 14.5 Å². The Balaban J connectivity index is 1.80. The van der Waals surface area contributed by atoms with E-state index < -0.39 is 0 Å². The first-order valence-electron chi connectivity index (χ1n) is 6.11. The lowest BCUT2D eigenvalue weighted by molar-refractivity contribution is -0.117. The van der Waals surface area contributed by atoms with Crippen molar-refractivity contribution in [3.8, 4) is 0 Å². The minimum Gasteiger partial charge on any atom is -0.370 e. The molecule has 0 saturated heterocycles. The number of nitrogens with two attached hydrogens (primary N) is 1. The van der Waals surface area contributed by atoms with Gasteiger partial charge in [0.2, 0.25) is 5.91 Å². The van der Waals surface area contributed by atoms with Gasteiger partial charge >= 0.3 is 0 Å². The maximum Gasteiger partial charge on any atom is 0.218 e. The Morgan fingerprint density at radius 1 is 1.10 bits per heavy atom. The van der Waals surface area contributed by atoms with Crippen molar-refractivity contribution in [2.45, 2.75) is 15.1 Å². The summed E-state index contributed by atoms with van der Waals surface area (Å²) < 4.78 is 1.53. The first-order chi connectivity index (χ1) is 10.1. The van der Waals surface area contributed by atoms with Crippen LogP contribution in [0.15, 0.2) is 39.0 Å². The minimum atomic E-state index is -0.324. The predicted molar refractivity (Wildman–Crippen MR) is 85.9 cm³/mol. The molecule has 2 N–H and O–H groups in total. The fourth-order valence-electron chi connectivity index (χ4n) is 1.39. The lowest BCUT2D eigenvalue weighted by atomic mass is 10.2. The molecule has 21 heavy (non-hydrogen) atoms. The number of carbonyl (C=O) groups excluding carboxylic acids is 2. The Hall–Kier alpha value is -1.38. The summed E-state index contributed by atoms with van der Waals surface area (Å²) in [5.41, 5.74) is 5.77. The van der Waals surface area contributed by atoms with E-state index in [1.807, 2.05) is 18.2 Å². The molecular formula is C13H13N3O2S3. The number of ketones is 1. The van der Waals surface area contributed by atoms with E-state index in [0.29, 0.717) is 23.5 Å². The van der Waals surface area contributed by atoms with E-state index in [1.54, 1.807) is 12.1 Å². The molecule has 0 unspecified atom stereocenters. The van der Waals surface area contributed by atoms with Crippen molar-refractivity contribution < 1.29 is 9.59 Å². The molecule has 0 bridgehead atoms.